The largest absolute Gasteiger partial charge is 0.444 e. The van der Waals surface area contributed by atoms with E-state index in [1.165, 1.54) is 4.90 Å². The number of nitrogens with zero attached hydrogens (tertiary/aromatic N) is 2. The summed E-state index contributed by atoms with van der Waals surface area (Å²) >= 11 is 1.59. The minimum absolute atomic E-state index is 0.177. The van der Waals surface area contributed by atoms with Crippen LogP contribution in [0.4, 0.5) is 10.5 Å². The van der Waals surface area contributed by atoms with Crippen molar-refractivity contribution in [1.29, 1.82) is 0 Å². The molecule has 1 aliphatic rings. The molecule has 0 spiro atoms. The Balaban J connectivity index is 1.71. The first kappa shape index (κ1) is 17.7. The van der Waals surface area contributed by atoms with Crippen LogP contribution in [0.15, 0.2) is 18.2 Å². The number of hydrogen-bond donors (Lipinski definition) is 1. The molecule has 1 aliphatic heterocycles. The van der Waals surface area contributed by atoms with Crippen LogP contribution in [0, 0.1) is 6.92 Å². The summed E-state index contributed by atoms with van der Waals surface area (Å²) in [6, 6.07) is 5.17. The highest BCUT2D eigenvalue weighted by Gasteiger charge is 2.36. The fraction of sp³-hybridized carbons (Fsp3) is 0.500. The van der Waals surface area contributed by atoms with E-state index >= 15 is 0 Å². The molecular weight excluding hydrogens is 338 g/mol. The van der Waals surface area contributed by atoms with Gasteiger partial charge in [-0.3, -0.25) is 9.69 Å². The van der Waals surface area contributed by atoms with E-state index in [1.807, 2.05) is 45.9 Å². The van der Waals surface area contributed by atoms with E-state index in [0.29, 0.717) is 13.0 Å². The SMILES string of the molecule is Cc1nc2ccc(NC(=O)C3CCCN3C(=O)OC(C)(C)C)cc2s1. The molecule has 3 rings (SSSR count). The molecule has 7 heteroatoms. The second-order valence-corrected chi connectivity index (χ2v) is 8.47. The highest BCUT2D eigenvalue weighted by atomic mass is 32.1. The Morgan fingerprint density at radius 1 is 1.36 bits per heavy atom. The summed E-state index contributed by atoms with van der Waals surface area (Å²) in [5.41, 5.74) is 1.07. The van der Waals surface area contributed by atoms with Gasteiger partial charge in [0.1, 0.15) is 11.6 Å². The predicted octanol–water partition coefficient (Wildman–Crippen LogP) is 3.94. The van der Waals surface area contributed by atoms with Gasteiger partial charge < -0.3 is 10.1 Å². The Hall–Kier alpha value is -2.15. The summed E-state index contributed by atoms with van der Waals surface area (Å²) in [6.45, 7) is 7.97. The third-order valence-corrected chi connectivity index (χ3v) is 4.88. The highest BCUT2D eigenvalue weighted by molar-refractivity contribution is 7.18. The Kier molecular flexibility index (Phi) is 4.69. The molecule has 1 unspecified atom stereocenters. The molecule has 1 aromatic heterocycles. The van der Waals surface area contributed by atoms with Gasteiger partial charge in [0.2, 0.25) is 5.91 Å². The number of fused-ring (bicyclic) bond motifs is 1. The van der Waals surface area contributed by atoms with Gasteiger partial charge in [-0.25, -0.2) is 9.78 Å². The van der Waals surface area contributed by atoms with E-state index < -0.39 is 17.7 Å². The molecule has 1 N–H and O–H groups in total. The number of hydrogen-bond acceptors (Lipinski definition) is 5. The van der Waals surface area contributed by atoms with Crippen molar-refractivity contribution < 1.29 is 14.3 Å². The zero-order valence-corrected chi connectivity index (χ0v) is 15.8. The molecule has 2 aromatic rings. The van der Waals surface area contributed by atoms with Gasteiger partial charge in [-0.05, 0) is 58.7 Å². The lowest BCUT2D eigenvalue weighted by Crippen LogP contribution is -2.45. The number of thiazole rings is 1. The molecule has 134 valence electrons. The number of carbonyl (C=O) groups is 2. The summed E-state index contributed by atoms with van der Waals surface area (Å²) in [6.07, 6.45) is 1.01. The van der Waals surface area contributed by atoms with Crippen LogP contribution in [0.5, 0.6) is 0 Å². The molecule has 0 radical (unpaired) electrons. The Morgan fingerprint density at radius 2 is 2.12 bits per heavy atom. The maximum atomic E-state index is 12.7. The van der Waals surface area contributed by atoms with Gasteiger partial charge in [-0.15, -0.1) is 11.3 Å². The van der Waals surface area contributed by atoms with E-state index in [1.54, 1.807) is 11.3 Å². The summed E-state index contributed by atoms with van der Waals surface area (Å²) in [7, 11) is 0. The van der Waals surface area contributed by atoms with Crippen LogP contribution in [0.2, 0.25) is 0 Å². The molecule has 0 saturated carbocycles. The molecule has 1 atom stereocenters. The lowest BCUT2D eigenvalue weighted by molar-refractivity contribution is -0.120. The van der Waals surface area contributed by atoms with E-state index in [9.17, 15) is 9.59 Å². The fourth-order valence-electron chi connectivity index (χ4n) is 2.92. The van der Waals surface area contributed by atoms with Gasteiger partial charge in [-0.1, -0.05) is 0 Å². The fourth-order valence-corrected chi connectivity index (χ4v) is 3.79. The minimum Gasteiger partial charge on any atom is -0.444 e. The molecule has 0 aliphatic carbocycles. The highest BCUT2D eigenvalue weighted by Crippen LogP contribution is 2.26. The summed E-state index contributed by atoms with van der Waals surface area (Å²) in [4.78, 5) is 30.9. The number of aryl methyl sites for hydroxylation is 1. The van der Waals surface area contributed by atoms with Crippen molar-refractivity contribution in [2.45, 2.75) is 52.2 Å². The monoisotopic (exact) mass is 361 g/mol. The Labute approximate surface area is 151 Å². The molecular formula is C18H23N3O3S. The van der Waals surface area contributed by atoms with Crippen molar-refractivity contribution in [3.63, 3.8) is 0 Å². The first-order valence-corrected chi connectivity index (χ1v) is 9.22. The molecule has 1 aromatic carbocycles. The van der Waals surface area contributed by atoms with Crippen LogP contribution in [0.3, 0.4) is 0 Å². The third-order valence-electron chi connectivity index (χ3n) is 3.95. The van der Waals surface area contributed by atoms with Gasteiger partial charge in [0.05, 0.1) is 15.2 Å². The summed E-state index contributed by atoms with van der Waals surface area (Å²) < 4.78 is 6.45. The van der Waals surface area contributed by atoms with Crippen molar-refractivity contribution in [3.05, 3.63) is 23.2 Å². The number of anilines is 1. The van der Waals surface area contributed by atoms with Crippen LogP contribution >= 0.6 is 11.3 Å². The van der Waals surface area contributed by atoms with Crippen molar-refractivity contribution >= 4 is 39.2 Å². The van der Waals surface area contributed by atoms with Crippen LogP contribution in [-0.4, -0.2) is 40.1 Å². The second kappa shape index (κ2) is 6.63. The van der Waals surface area contributed by atoms with E-state index in [-0.39, 0.29) is 5.91 Å². The molecule has 1 fully saturated rings. The van der Waals surface area contributed by atoms with Gasteiger partial charge >= 0.3 is 6.09 Å². The van der Waals surface area contributed by atoms with Crippen molar-refractivity contribution in [3.8, 4) is 0 Å². The van der Waals surface area contributed by atoms with E-state index in [0.717, 1.165) is 27.3 Å². The summed E-state index contributed by atoms with van der Waals surface area (Å²) in [5, 5.41) is 3.91. The lowest BCUT2D eigenvalue weighted by atomic mass is 10.2. The predicted molar refractivity (Wildman–Crippen MR) is 98.9 cm³/mol. The maximum Gasteiger partial charge on any atom is 0.410 e. The topological polar surface area (TPSA) is 71.5 Å². The second-order valence-electron chi connectivity index (χ2n) is 7.24. The van der Waals surface area contributed by atoms with Gasteiger partial charge in [0.25, 0.3) is 0 Å². The first-order chi connectivity index (χ1) is 11.7. The molecule has 6 nitrogen and oxygen atoms in total. The number of nitrogens with one attached hydrogen (secondary N) is 1. The molecule has 1 saturated heterocycles. The van der Waals surface area contributed by atoms with Crippen LogP contribution in [0.25, 0.3) is 10.2 Å². The smallest absolute Gasteiger partial charge is 0.410 e. The number of benzene rings is 1. The van der Waals surface area contributed by atoms with Gasteiger partial charge in [0.15, 0.2) is 0 Å². The van der Waals surface area contributed by atoms with E-state index in [4.69, 9.17) is 4.74 Å². The Bertz CT molecular complexity index is 809. The van der Waals surface area contributed by atoms with E-state index in [2.05, 4.69) is 10.3 Å². The number of ether oxygens (including phenoxy) is 1. The standard InChI is InChI=1S/C18H23N3O3S/c1-11-19-13-8-7-12(10-15(13)25-11)20-16(22)14-6-5-9-21(14)17(23)24-18(2,3)4/h7-8,10,14H,5-6,9H2,1-4H3,(H,20,22). The molecule has 2 amide bonds. The van der Waals surface area contributed by atoms with Crippen LogP contribution in [-0.2, 0) is 9.53 Å². The third kappa shape index (κ3) is 4.10. The van der Waals surface area contributed by atoms with Gasteiger partial charge in [0, 0.05) is 12.2 Å². The van der Waals surface area contributed by atoms with Crippen molar-refractivity contribution in [2.75, 3.05) is 11.9 Å². The van der Waals surface area contributed by atoms with Crippen LogP contribution in [0.1, 0.15) is 38.6 Å². The van der Waals surface area contributed by atoms with Gasteiger partial charge in [-0.2, -0.15) is 0 Å². The number of amides is 2. The quantitative estimate of drug-likeness (QED) is 0.879. The normalized spacial score (nSPS) is 17.8. The molecule has 0 bridgehead atoms. The maximum absolute atomic E-state index is 12.7. The number of aromatic nitrogens is 1. The lowest BCUT2D eigenvalue weighted by Gasteiger charge is -2.28. The molecule has 2 heterocycles. The molecule has 25 heavy (non-hydrogen) atoms. The number of carbonyl (C=O) groups excluding carboxylic acids is 2. The average molecular weight is 361 g/mol. The van der Waals surface area contributed by atoms with Crippen molar-refractivity contribution in [2.24, 2.45) is 0 Å². The Morgan fingerprint density at radius 3 is 2.84 bits per heavy atom. The zero-order valence-electron chi connectivity index (χ0n) is 15.0. The average Bonchev–Trinajstić information content (AvgIpc) is 3.10. The number of likely N-dealkylation sites (tertiary alicyclic amines) is 1. The van der Waals surface area contributed by atoms with Crippen molar-refractivity contribution in [1.82, 2.24) is 9.88 Å². The first-order valence-electron chi connectivity index (χ1n) is 8.40. The number of rotatable bonds is 2. The summed E-state index contributed by atoms with van der Waals surface area (Å²) in [5.74, 6) is -0.177. The minimum atomic E-state index is -0.574. The van der Waals surface area contributed by atoms with Crippen LogP contribution < -0.4 is 5.32 Å². The zero-order chi connectivity index (χ0) is 18.2.